The largest absolute Gasteiger partial charge is 0.497 e. The molecule has 0 aromatic heterocycles. The molecule has 0 bridgehead atoms. The second kappa shape index (κ2) is 6.08. The molecule has 0 amide bonds. The molecule has 1 aromatic carbocycles. The Hall–Kier alpha value is -0.780. The lowest BCUT2D eigenvalue weighted by atomic mass is 10.1. The fraction of sp³-hybridized carbons (Fsp3) is 0.400. The van der Waals surface area contributed by atoms with E-state index in [1.165, 1.54) is 0 Å². The minimum absolute atomic E-state index is 0.349. The van der Waals surface area contributed by atoms with Crippen molar-refractivity contribution in [2.24, 2.45) is 0 Å². The predicted octanol–water partition coefficient (Wildman–Crippen LogP) is 1.35. The highest BCUT2D eigenvalue weighted by Gasteiger charge is 2.06. The smallest absolute Gasteiger partial charge is 0.225 e. The number of halogens is 1. The minimum Gasteiger partial charge on any atom is -0.497 e. The number of benzene rings is 1. The van der Waals surface area contributed by atoms with E-state index in [4.69, 9.17) is 16.3 Å². The first-order valence-corrected chi connectivity index (χ1v) is 6.92. The Morgan fingerprint density at radius 2 is 1.94 bits per heavy atom. The lowest BCUT2D eigenvalue weighted by Gasteiger charge is -2.05. The predicted molar refractivity (Wildman–Crippen MR) is 64.3 cm³/mol. The number of rotatable bonds is 6. The summed E-state index contributed by atoms with van der Waals surface area (Å²) in [6.45, 7) is 0.349. The second-order valence-electron chi connectivity index (χ2n) is 3.22. The molecule has 0 aliphatic carbocycles. The molecule has 0 saturated heterocycles. The maximum Gasteiger partial charge on any atom is 0.225 e. The van der Waals surface area contributed by atoms with Crippen molar-refractivity contribution >= 4 is 21.6 Å². The summed E-state index contributed by atoms with van der Waals surface area (Å²) in [5.41, 5.74) is 1.04. The van der Waals surface area contributed by atoms with Gasteiger partial charge in [0.2, 0.25) is 10.0 Å². The Morgan fingerprint density at radius 1 is 1.31 bits per heavy atom. The third-order valence-corrected chi connectivity index (χ3v) is 3.83. The Kier molecular flexibility index (Phi) is 5.05. The standard InChI is InChI=1S/C10H14ClNO3S/c1-15-10-4-2-9(3-5-10)6-7-12-16(13,14)8-11/h2-5,12H,6-8H2,1H3. The molecule has 0 aliphatic heterocycles. The first-order valence-electron chi connectivity index (χ1n) is 4.73. The van der Waals surface area contributed by atoms with Crippen molar-refractivity contribution in [3.05, 3.63) is 29.8 Å². The van der Waals surface area contributed by atoms with Gasteiger partial charge in [0, 0.05) is 6.54 Å². The quantitative estimate of drug-likeness (QED) is 0.789. The summed E-state index contributed by atoms with van der Waals surface area (Å²) in [5.74, 6) is 0.782. The van der Waals surface area contributed by atoms with Gasteiger partial charge in [0.1, 0.15) is 11.0 Å². The molecular weight excluding hydrogens is 250 g/mol. The van der Waals surface area contributed by atoms with Crippen molar-refractivity contribution in [3.8, 4) is 5.75 Å². The minimum atomic E-state index is -3.31. The van der Waals surface area contributed by atoms with Crippen LogP contribution < -0.4 is 9.46 Å². The maximum atomic E-state index is 11.0. The molecule has 1 N–H and O–H groups in total. The summed E-state index contributed by atoms with van der Waals surface area (Å²) < 4.78 is 29.5. The van der Waals surface area contributed by atoms with Gasteiger partial charge in [0.15, 0.2) is 0 Å². The van der Waals surface area contributed by atoms with Crippen molar-refractivity contribution in [1.29, 1.82) is 0 Å². The van der Waals surface area contributed by atoms with Crippen molar-refractivity contribution < 1.29 is 13.2 Å². The van der Waals surface area contributed by atoms with E-state index in [1.54, 1.807) is 7.11 Å². The van der Waals surface area contributed by atoms with Crippen LogP contribution in [0.15, 0.2) is 24.3 Å². The zero-order valence-corrected chi connectivity index (χ0v) is 10.5. The molecule has 1 rings (SSSR count). The van der Waals surface area contributed by atoms with Crippen molar-refractivity contribution in [2.45, 2.75) is 6.42 Å². The summed E-state index contributed by atoms with van der Waals surface area (Å²) >= 11 is 5.25. The summed E-state index contributed by atoms with van der Waals surface area (Å²) in [6, 6.07) is 7.47. The molecule has 90 valence electrons. The van der Waals surface area contributed by atoms with Gasteiger partial charge in [-0.05, 0) is 24.1 Å². The van der Waals surface area contributed by atoms with Gasteiger partial charge >= 0.3 is 0 Å². The number of ether oxygens (including phenoxy) is 1. The molecule has 0 heterocycles. The van der Waals surface area contributed by atoms with Gasteiger partial charge in [-0.1, -0.05) is 12.1 Å². The van der Waals surface area contributed by atoms with Gasteiger partial charge < -0.3 is 4.74 Å². The van der Waals surface area contributed by atoms with Gasteiger partial charge in [-0.25, -0.2) is 13.1 Å². The zero-order valence-electron chi connectivity index (χ0n) is 8.94. The van der Waals surface area contributed by atoms with Crippen molar-refractivity contribution in [3.63, 3.8) is 0 Å². The van der Waals surface area contributed by atoms with E-state index < -0.39 is 15.2 Å². The molecule has 0 atom stereocenters. The summed E-state index contributed by atoms with van der Waals surface area (Å²) in [5, 5.41) is -0.407. The SMILES string of the molecule is COc1ccc(CCNS(=O)(=O)CCl)cc1. The zero-order chi connectivity index (χ0) is 12.0. The number of methoxy groups -OCH3 is 1. The molecule has 16 heavy (non-hydrogen) atoms. The van der Waals surface area contributed by atoms with Crippen LogP contribution in [0.2, 0.25) is 0 Å². The Morgan fingerprint density at radius 3 is 2.44 bits per heavy atom. The molecule has 0 saturated carbocycles. The van der Waals surface area contributed by atoms with Gasteiger partial charge in [-0.2, -0.15) is 0 Å². The molecule has 0 fully saturated rings. The van der Waals surface area contributed by atoms with Crippen LogP contribution in [-0.4, -0.2) is 27.3 Å². The van der Waals surface area contributed by atoms with Gasteiger partial charge in [0.05, 0.1) is 7.11 Å². The van der Waals surface area contributed by atoms with Crippen LogP contribution >= 0.6 is 11.6 Å². The third-order valence-electron chi connectivity index (χ3n) is 2.04. The fourth-order valence-corrected chi connectivity index (χ4v) is 1.90. The van der Waals surface area contributed by atoms with Gasteiger partial charge in [-0.3, -0.25) is 0 Å². The highest BCUT2D eigenvalue weighted by Crippen LogP contribution is 2.11. The average Bonchev–Trinajstić information content (AvgIpc) is 2.30. The Bertz CT molecular complexity index is 416. The number of hydrogen-bond acceptors (Lipinski definition) is 3. The third kappa shape index (κ3) is 4.38. The monoisotopic (exact) mass is 263 g/mol. The van der Waals surface area contributed by atoms with E-state index in [0.717, 1.165) is 11.3 Å². The lowest BCUT2D eigenvalue weighted by molar-refractivity contribution is 0.414. The van der Waals surface area contributed by atoms with Crippen LogP contribution in [0.1, 0.15) is 5.56 Å². The number of hydrogen-bond donors (Lipinski definition) is 1. The van der Waals surface area contributed by atoms with Crippen LogP contribution in [0.3, 0.4) is 0 Å². The van der Waals surface area contributed by atoms with E-state index in [9.17, 15) is 8.42 Å². The van der Waals surface area contributed by atoms with Crippen LogP contribution in [0.4, 0.5) is 0 Å². The highest BCUT2D eigenvalue weighted by atomic mass is 35.5. The normalized spacial score (nSPS) is 11.4. The second-order valence-corrected chi connectivity index (χ2v) is 5.61. The summed E-state index contributed by atoms with van der Waals surface area (Å²) in [4.78, 5) is 0. The van der Waals surface area contributed by atoms with Crippen molar-refractivity contribution in [1.82, 2.24) is 4.72 Å². The molecular formula is C10H14ClNO3S. The van der Waals surface area contributed by atoms with Crippen LogP contribution in [0.5, 0.6) is 5.75 Å². The van der Waals surface area contributed by atoms with Crippen LogP contribution in [-0.2, 0) is 16.4 Å². The van der Waals surface area contributed by atoms with E-state index >= 15 is 0 Å². The molecule has 4 nitrogen and oxygen atoms in total. The molecule has 1 aromatic rings. The number of nitrogens with one attached hydrogen (secondary N) is 1. The van der Waals surface area contributed by atoms with E-state index in [0.29, 0.717) is 13.0 Å². The molecule has 0 spiro atoms. The first kappa shape index (κ1) is 13.3. The summed E-state index contributed by atoms with van der Waals surface area (Å²) in [7, 11) is -1.71. The average molecular weight is 264 g/mol. The summed E-state index contributed by atoms with van der Waals surface area (Å²) in [6.07, 6.45) is 0.625. The van der Waals surface area contributed by atoms with Crippen LogP contribution in [0, 0.1) is 0 Å². The van der Waals surface area contributed by atoms with E-state index in [1.807, 2.05) is 24.3 Å². The maximum absolute atomic E-state index is 11.0. The topological polar surface area (TPSA) is 55.4 Å². The molecule has 0 aliphatic rings. The number of sulfonamides is 1. The van der Waals surface area contributed by atoms with E-state index in [-0.39, 0.29) is 0 Å². The van der Waals surface area contributed by atoms with E-state index in [2.05, 4.69) is 4.72 Å². The lowest BCUT2D eigenvalue weighted by Crippen LogP contribution is -2.26. The molecule has 0 radical (unpaired) electrons. The van der Waals surface area contributed by atoms with Gasteiger partial charge in [0.25, 0.3) is 0 Å². The molecule has 6 heteroatoms. The highest BCUT2D eigenvalue weighted by molar-refractivity contribution is 7.90. The fourth-order valence-electron chi connectivity index (χ4n) is 1.18. The van der Waals surface area contributed by atoms with Gasteiger partial charge in [-0.15, -0.1) is 11.6 Å². The Labute approximate surface area is 101 Å². The Balaban J connectivity index is 2.43. The van der Waals surface area contributed by atoms with Crippen molar-refractivity contribution in [2.75, 3.05) is 18.9 Å². The molecule has 0 unspecified atom stereocenters. The number of alkyl halides is 1. The van der Waals surface area contributed by atoms with Crippen LogP contribution in [0.25, 0.3) is 0 Å². The first-order chi connectivity index (χ1) is 7.57.